The van der Waals surface area contributed by atoms with Crippen LogP contribution in [0.2, 0.25) is 5.02 Å². The van der Waals surface area contributed by atoms with Gasteiger partial charge in [0.25, 0.3) is 5.88 Å². The number of nitriles is 1. The third kappa shape index (κ3) is 5.86. The highest BCUT2D eigenvalue weighted by Crippen LogP contribution is 2.25. The smallest absolute Gasteiger partial charge is 0.254 e. The van der Waals surface area contributed by atoms with Gasteiger partial charge < -0.3 is 14.0 Å². The number of ether oxygens (including phenoxy) is 2. The molecule has 3 aromatic heterocycles. The molecule has 1 unspecified atom stereocenters. The number of pyridine rings is 1. The molecule has 6 rings (SSSR count). The van der Waals surface area contributed by atoms with Crippen LogP contribution in [-0.2, 0) is 24.2 Å². The molecule has 2 saturated heterocycles. The maximum absolute atomic E-state index is 14.5. The quantitative estimate of drug-likeness (QED) is 0.321. The molecule has 0 aliphatic carbocycles. The van der Waals surface area contributed by atoms with Gasteiger partial charge in [-0.25, -0.2) is 15.0 Å². The molecule has 0 bridgehead atoms. The highest BCUT2D eigenvalue weighted by Gasteiger charge is 2.26. The third-order valence-corrected chi connectivity index (χ3v) is 7.48. The van der Waals surface area contributed by atoms with Crippen LogP contribution in [0.15, 0.2) is 42.7 Å². The molecule has 9 nitrogen and oxygen atoms in total. The number of benzene rings is 1. The minimum Gasteiger partial charge on any atom is -0.472 e. The molecule has 39 heavy (non-hydrogen) atoms. The first-order valence-electron chi connectivity index (χ1n) is 13.1. The maximum atomic E-state index is 14.5. The Hall–Kier alpha value is -3.65. The van der Waals surface area contributed by atoms with Gasteiger partial charge in [0.2, 0.25) is 5.82 Å². The van der Waals surface area contributed by atoms with Crippen molar-refractivity contribution in [1.29, 1.82) is 5.26 Å². The van der Waals surface area contributed by atoms with Crippen LogP contribution in [0.25, 0.3) is 11.0 Å². The van der Waals surface area contributed by atoms with Crippen LogP contribution >= 0.6 is 11.6 Å². The van der Waals surface area contributed by atoms with E-state index in [1.165, 1.54) is 6.20 Å². The fourth-order valence-corrected chi connectivity index (χ4v) is 5.10. The lowest BCUT2D eigenvalue weighted by Crippen LogP contribution is -2.39. The van der Waals surface area contributed by atoms with Gasteiger partial charge in [-0.15, -0.1) is 0 Å². The number of aromatic nitrogens is 5. The lowest BCUT2D eigenvalue weighted by Gasteiger charge is -2.32. The van der Waals surface area contributed by atoms with E-state index < -0.39 is 5.82 Å². The van der Waals surface area contributed by atoms with E-state index in [4.69, 9.17) is 26.1 Å². The van der Waals surface area contributed by atoms with Crippen molar-refractivity contribution in [2.75, 3.05) is 19.7 Å². The van der Waals surface area contributed by atoms with Gasteiger partial charge in [-0.3, -0.25) is 4.90 Å². The first-order chi connectivity index (χ1) is 19.0. The zero-order chi connectivity index (χ0) is 26.8. The minimum atomic E-state index is -0.561. The van der Waals surface area contributed by atoms with Crippen molar-refractivity contribution in [3.63, 3.8) is 0 Å². The summed E-state index contributed by atoms with van der Waals surface area (Å²) in [6, 6.07) is 11.2. The van der Waals surface area contributed by atoms with Gasteiger partial charge in [-0.1, -0.05) is 23.7 Å². The van der Waals surface area contributed by atoms with Gasteiger partial charge >= 0.3 is 0 Å². The monoisotopic (exact) mass is 547 g/mol. The van der Waals surface area contributed by atoms with Crippen molar-refractivity contribution >= 4 is 22.6 Å². The van der Waals surface area contributed by atoms with E-state index >= 15 is 0 Å². The second kappa shape index (κ2) is 11.2. The number of nitrogens with zero attached hydrogens (tertiary/aromatic N) is 7. The molecule has 200 valence electrons. The van der Waals surface area contributed by atoms with Crippen molar-refractivity contribution < 1.29 is 13.9 Å². The van der Waals surface area contributed by atoms with Gasteiger partial charge in [0.15, 0.2) is 0 Å². The summed E-state index contributed by atoms with van der Waals surface area (Å²) in [6.07, 6.45) is 5.88. The lowest BCUT2D eigenvalue weighted by molar-refractivity contribution is -0.0592. The average Bonchev–Trinajstić information content (AvgIpc) is 3.26. The molecular formula is C28H27ClFN7O2. The minimum absolute atomic E-state index is 0.00417. The zero-order valence-corrected chi connectivity index (χ0v) is 22.0. The number of likely N-dealkylation sites (tertiary alicyclic amines) is 1. The normalized spacial score (nSPS) is 18.1. The topological polar surface area (TPSA) is 102 Å². The Morgan fingerprint density at radius 1 is 1.10 bits per heavy atom. The molecule has 2 fully saturated rings. The molecule has 1 atom stereocenters. The predicted octanol–water partition coefficient (Wildman–Crippen LogP) is 4.31. The SMILES string of the molecule is N#Cc1cc2nc(CN3CCC(Oc4nc(Cc5ccc(Cl)cc5)ncc4F)CC3)n(CC3CCO3)c2cn1. The first-order valence-corrected chi connectivity index (χ1v) is 13.4. The molecule has 2 aliphatic heterocycles. The van der Waals surface area contributed by atoms with Crippen LogP contribution in [-0.4, -0.2) is 61.3 Å². The fraction of sp³-hybridized carbons (Fsp3) is 0.393. The largest absolute Gasteiger partial charge is 0.472 e. The Morgan fingerprint density at radius 3 is 2.62 bits per heavy atom. The molecule has 2 aliphatic rings. The molecule has 11 heteroatoms. The summed E-state index contributed by atoms with van der Waals surface area (Å²) in [4.78, 5) is 19.9. The van der Waals surface area contributed by atoms with Crippen molar-refractivity contribution in [2.24, 2.45) is 0 Å². The number of halogens is 2. The number of piperidine rings is 1. The molecule has 0 N–H and O–H groups in total. The summed E-state index contributed by atoms with van der Waals surface area (Å²) in [7, 11) is 0. The predicted molar refractivity (Wildman–Crippen MR) is 142 cm³/mol. The standard InChI is InChI=1S/C28H27ClFN7O2/c29-19-3-1-18(2-4-19)11-26-33-14-23(30)28(35-26)39-21-5-8-36(9-6-21)17-27-34-24-12-20(13-31)32-15-25(24)37(27)16-22-7-10-38-22/h1-4,12,14-15,21-22H,5-11,16-17H2. The Labute approximate surface area is 230 Å². The van der Waals surface area contributed by atoms with Crippen molar-refractivity contribution in [2.45, 2.75) is 51.0 Å². The summed E-state index contributed by atoms with van der Waals surface area (Å²) in [5.41, 5.74) is 3.01. The molecule has 0 spiro atoms. The van der Waals surface area contributed by atoms with Crippen LogP contribution in [0.4, 0.5) is 4.39 Å². The zero-order valence-electron chi connectivity index (χ0n) is 21.3. The van der Waals surface area contributed by atoms with E-state index in [-0.39, 0.29) is 18.1 Å². The summed E-state index contributed by atoms with van der Waals surface area (Å²) >= 11 is 5.96. The lowest BCUT2D eigenvalue weighted by atomic mass is 10.1. The Kier molecular flexibility index (Phi) is 7.37. The molecule has 4 aromatic rings. The second-order valence-electron chi connectivity index (χ2n) is 9.93. The number of hydrogen-bond donors (Lipinski definition) is 0. The van der Waals surface area contributed by atoms with Crippen molar-refractivity contribution in [3.8, 4) is 11.9 Å². The van der Waals surface area contributed by atoms with E-state index in [9.17, 15) is 9.65 Å². The third-order valence-electron chi connectivity index (χ3n) is 7.22. The number of fused-ring (bicyclic) bond motifs is 1. The highest BCUT2D eigenvalue weighted by atomic mass is 35.5. The van der Waals surface area contributed by atoms with Crippen LogP contribution in [0.3, 0.4) is 0 Å². The van der Waals surface area contributed by atoms with Gasteiger partial charge in [-0.2, -0.15) is 14.6 Å². The van der Waals surface area contributed by atoms with E-state index in [1.807, 2.05) is 24.3 Å². The van der Waals surface area contributed by atoms with Crippen LogP contribution in [0, 0.1) is 17.1 Å². The average molecular weight is 548 g/mol. The summed E-state index contributed by atoms with van der Waals surface area (Å²) in [6.45, 7) is 3.71. The van der Waals surface area contributed by atoms with Gasteiger partial charge in [0.1, 0.15) is 29.5 Å². The number of imidazole rings is 1. The van der Waals surface area contributed by atoms with E-state index in [0.29, 0.717) is 36.1 Å². The van der Waals surface area contributed by atoms with Gasteiger partial charge in [0.05, 0.1) is 42.6 Å². The van der Waals surface area contributed by atoms with Gasteiger partial charge in [-0.05, 0) is 37.0 Å². The number of rotatable bonds is 8. The van der Waals surface area contributed by atoms with Crippen molar-refractivity contribution in [1.82, 2.24) is 29.4 Å². The Morgan fingerprint density at radius 2 is 1.90 bits per heavy atom. The van der Waals surface area contributed by atoms with E-state index in [1.54, 1.807) is 12.3 Å². The molecule has 1 aromatic carbocycles. The van der Waals surface area contributed by atoms with E-state index in [0.717, 1.165) is 61.4 Å². The summed E-state index contributed by atoms with van der Waals surface area (Å²) < 4.78 is 28.3. The van der Waals surface area contributed by atoms with E-state index in [2.05, 4.69) is 30.5 Å². The summed E-state index contributed by atoms with van der Waals surface area (Å²) in [5, 5.41) is 9.90. The molecule has 5 heterocycles. The van der Waals surface area contributed by atoms with Gasteiger partial charge in [0, 0.05) is 37.2 Å². The van der Waals surface area contributed by atoms with Crippen LogP contribution < -0.4 is 4.74 Å². The van der Waals surface area contributed by atoms with Crippen LogP contribution in [0.5, 0.6) is 5.88 Å². The molecule has 0 saturated carbocycles. The van der Waals surface area contributed by atoms with Crippen LogP contribution in [0.1, 0.15) is 42.2 Å². The molecule has 0 amide bonds. The number of hydrogen-bond acceptors (Lipinski definition) is 8. The fourth-order valence-electron chi connectivity index (χ4n) is 4.97. The molecular weight excluding hydrogens is 521 g/mol. The first kappa shape index (κ1) is 25.6. The molecule has 0 radical (unpaired) electrons. The highest BCUT2D eigenvalue weighted by molar-refractivity contribution is 6.30. The second-order valence-corrected chi connectivity index (χ2v) is 10.4. The Bertz CT molecular complexity index is 1510. The van der Waals surface area contributed by atoms with Crippen molar-refractivity contribution in [3.05, 3.63) is 76.5 Å². The maximum Gasteiger partial charge on any atom is 0.254 e. The Balaban J connectivity index is 1.10. The summed E-state index contributed by atoms with van der Waals surface area (Å²) in [5.74, 6) is 0.852.